The Kier molecular flexibility index (Phi) is 5.86. The fraction of sp³-hybridized carbons (Fsp3) is 0.412. The van der Waals surface area contributed by atoms with Crippen molar-refractivity contribution in [1.82, 2.24) is 4.90 Å². The summed E-state index contributed by atoms with van der Waals surface area (Å²) in [5.74, 6) is 1.68. The zero-order valence-electron chi connectivity index (χ0n) is 13.4. The van der Waals surface area contributed by atoms with Crippen molar-refractivity contribution < 1.29 is 14.3 Å². The van der Waals surface area contributed by atoms with Gasteiger partial charge in [-0.25, -0.2) is 0 Å². The van der Waals surface area contributed by atoms with Gasteiger partial charge < -0.3 is 24.5 Å². The normalized spacial score (nSPS) is 12.4. The third-order valence-electron chi connectivity index (χ3n) is 3.29. The monoisotopic (exact) mass is 304 g/mol. The summed E-state index contributed by atoms with van der Waals surface area (Å²) in [7, 11) is 3.84. The van der Waals surface area contributed by atoms with E-state index < -0.39 is 6.10 Å². The number of aryl methyl sites for hydroxylation is 1. The third-order valence-corrected chi connectivity index (χ3v) is 3.29. The smallest absolute Gasteiger partial charge is 0.125 e. The lowest BCUT2D eigenvalue weighted by atomic mass is 10.2. The summed E-state index contributed by atoms with van der Waals surface area (Å²) in [6.07, 6.45) is 1.21. The molecule has 0 amide bonds. The van der Waals surface area contributed by atoms with Gasteiger partial charge in [-0.1, -0.05) is 0 Å². The lowest BCUT2D eigenvalue weighted by molar-refractivity contribution is 0.0831. The SMILES string of the molecule is Cc1ccoc1CNc1ccc(OCC(O)CN(C)C)cc1. The summed E-state index contributed by atoms with van der Waals surface area (Å²) < 4.78 is 11.0. The summed E-state index contributed by atoms with van der Waals surface area (Å²) in [4.78, 5) is 1.93. The van der Waals surface area contributed by atoms with E-state index in [0.29, 0.717) is 13.1 Å². The molecule has 0 saturated heterocycles. The molecule has 2 aromatic rings. The Bertz CT molecular complexity index is 564. The molecule has 0 saturated carbocycles. The minimum absolute atomic E-state index is 0.288. The summed E-state index contributed by atoms with van der Waals surface area (Å²) in [5.41, 5.74) is 2.14. The van der Waals surface area contributed by atoms with Crippen molar-refractivity contribution in [3.63, 3.8) is 0 Å². The number of hydrogen-bond acceptors (Lipinski definition) is 5. The van der Waals surface area contributed by atoms with Gasteiger partial charge in [0.05, 0.1) is 12.8 Å². The lowest BCUT2D eigenvalue weighted by Gasteiger charge is -2.16. The number of nitrogens with zero attached hydrogens (tertiary/aromatic N) is 1. The van der Waals surface area contributed by atoms with E-state index >= 15 is 0 Å². The van der Waals surface area contributed by atoms with Crippen LogP contribution in [0.1, 0.15) is 11.3 Å². The third kappa shape index (κ3) is 5.09. The minimum Gasteiger partial charge on any atom is -0.491 e. The Balaban J connectivity index is 1.79. The molecule has 0 radical (unpaired) electrons. The highest BCUT2D eigenvalue weighted by molar-refractivity contribution is 5.46. The Hall–Kier alpha value is -1.98. The Labute approximate surface area is 131 Å². The predicted octanol–water partition coefficient (Wildman–Crippen LogP) is 2.50. The van der Waals surface area contributed by atoms with Crippen LogP contribution in [0, 0.1) is 6.92 Å². The van der Waals surface area contributed by atoms with E-state index in [-0.39, 0.29) is 6.61 Å². The van der Waals surface area contributed by atoms with E-state index in [9.17, 15) is 5.11 Å². The van der Waals surface area contributed by atoms with Crippen LogP contribution in [0.25, 0.3) is 0 Å². The van der Waals surface area contributed by atoms with Crippen LogP contribution in [0.3, 0.4) is 0 Å². The maximum Gasteiger partial charge on any atom is 0.125 e. The first-order chi connectivity index (χ1) is 10.5. The first-order valence-electron chi connectivity index (χ1n) is 7.37. The molecule has 1 aromatic carbocycles. The molecule has 0 spiro atoms. The summed E-state index contributed by atoms with van der Waals surface area (Å²) in [6.45, 7) is 3.55. The molecule has 5 nitrogen and oxygen atoms in total. The first kappa shape index (κ1) is 16.4. The number of aliphatic hydroxyl groups excluding tert-OH is 1. The van der Waals surface area contributed by atoms with Crippen molar-refractivity contribution in [2.24, 2.45) is 0 Å². The van der Waals surface area contributed by atoms with Crippen LogP contribution in [0.15, 0.2) is 41.0 Å². The Morgan fingerprint density at radius 3 is 2.55 bits per heavy atom. The number of furan rings is 1. The largest absolute Gasteiger partial charge is 0.491 e. The Morgan fingerprint density at radius 2 is 1.95 bits per heavy atom. The van der Waals surface area contributed by atoms with Gasteiger partial charge in [0, 0.05) is 12.2 Å². The van der Waals surface area contributed by atoms with Crippen LogP contribution in [-0.4, -0.2) is 43.4 Å². The Morgan fingerprint density at radius 1 is 1.23 bits per heavy atom. The second kappa shape index (κ2) is 7.87. The summed E-state index contributed by atoms with van der Waals surface area (Å²) in [5, 5.41) is 13.1. The molecule has 0 aliphatic heterocycles. The van der Waals surface area contributed by atoms with Crippen molar-refractivity contribution in [1.29, 1.82) is 0 Å². The molecular formula is C17H24N2O3. The van der Waals surface area contributed by atoms with Crippen LogP contribution in [0.2, 0.25) is 0 Å². The second-order valence-corrected chi connectivity index (χ2v) is 5.63. The molecule has 0 fully saturated rings. The average Bonchev–Trinajstić information content (AvgIpc) is 2.89. The van der Waals surface area contributed by atoms with E-state index in [1.54, 1.807) is 6.26 Å². The van der Waals surface area contributed by atoms with Crippen molar-refractivity contribution in [3.05, 3.63) is 47.9 Å². The maximum absolute atomic E-state index is 9.76. The number of benzene rings is 1. The number of hydrogen-bond donors (Lipinski definition) is 2. The number of anilines is 1. The van der Waals surface area contributed by atoms with E-state index in [1.165, 1.54) is 0 Å². The van der Waals surface area contributed by atoms with E-state index in [0.717, 1.165) is 22.8 Å². The molecule has 5 heteroatoms. The number of ether oxygens (including phenoxy) is 1. The molecule has 1 atom stereocenters. The highest BCUT2D eigenvalue weighted by atomic mass is 16.5. The summed E-state index contributed by atoms with van der Waals surface area (Å²) >= 11 is 0. The number of rotatable bonds is 8. The number of likely N-dealkylation sites (N-methyl/N-ethyl adjacent to an activating group) is 1. The molecule has 2 rings (SSSR count). The number of aliphatic hydroxyl groups is 1. The van der Waals surface area contributed by atoms with Crippen molar-refractivity contribution in [2.75, 3.05) is 32.6 Å². The predicted molar refractivity (Wildman–Crippen MR) is 87.3 cm³/mol. The van der Waals surface area contributed by atoms with Gasteiger partial charge in [-0.2, -0.15) is 0 Å². The van der Waals surface area contributed by atoms with Gasteiger partial charge in [0.2, 0.25) is 0 Å². The molecule has 0 aliphatic rings. The lowest BCUT2D eigenvalue weighted by Crippen LogP contribution is -2.30. The standard InChI is InChI=1S/C17H24N2O3/c1-13-8-9-21-17(13)10-18-14-4-6-16(7-5-14)22-12-15(20)11-19(2)3/h4-9,15,18,20H,10-12H2,1-3H3. The highest BCUT2D eigenvalue weighted by Crippen LogP contribution is 2.17. The average molecular weight is 304 g/mol. The van der Waals surface area contributed by atoms with Gasteiger partial charge in [-0.3, -0.25) is 0 Å². The summed E-state index contributed by atoms with van der Waals surface area (Å²) in [6, 6.07) is 9.63. The van der Waals surface area contributed by atoms with E-state index in [4.69, 9.17) is 9.15 Å². The van der Waals surface area contributed by atoms with Gasteiger partial charge in [0.15, 0.2) is 0 Å². The molecule has 2 N–H and O–H groups in total. The zero-order chi connectivity index (χ0) is 15.9. The van der Waals surface area contributed by atoms with E-state index in [2.05, 4.69) is 5.32 Å². The van der Waals surface area contributed by atoms with E-state index in [1.807, 2.05) is 56.3 Å². The van der Waals surface area contributed by atoms with Crippen molar-refractivity contribution in [2.45, 2.75) is 19.6 Å². The van der Waals surface area contributed by atoms with Crippen LogP contribution in [-0.2, 0) is 6.54 Å². The molecule has 22 heavy (non-hydrogen) atoms. The molecule has 1 unspecified atom stereocenters. The molecule has 1 heterocycles. The molecule has 120 valence electrons. The number of nitrogens with one attached hydrogen (secondary N) is 1. The van der Waals surface area contributed by atoms with Gasteiger partial charge in [-0.05, 0) is 56.9 Å². The van der Waals surface area contributed by atoms with Crippen molar-refractivity contribution in [3.8, 4) is 5.75 Å². The minimum atomic E-state index is -0.491. The van der Waals surface area contributed by atoms with Crippen molar-refractivity contribution >= 4 is 5.69 Å². The second-order valence-electron chi connectivity index (χ2n) is 5.63. The van der Waals surface area contributed by atoms with Crippen LogP contribution in [0.4, 0.5) is 5.69 Å². The fourth-order valence-corrected chi connectivity index (χ4v) is 2.10. The first-order valence-corrected chi connectivity index (χ1v) is 7.37. The fourth-order valence-electron chi connectivity index (χ4n) is 2.10. The van der Waals surface area contributed by atoms with Gasteiger partial charge >= 0.3 is 0 Å². The molecule has 1 aromatic heterocycles. The van der Waals surface area contributed by atoms with Crippen LogP contribution in [0.5, 0.6) is 5.75 Å². The molecule has 0 bridgehead atoms. The highest BCUT2D eigenvalue weighted by Gasteiger charge is 2.06. The quantitative estimate of drug-likeness (QED) is 0.785. The van der Waals surface area contributed by atoms with Gasteiger partial charge in [-0.15, -0.1) is 0 Å². The maximum atomic E-state index is 9.76. The van der Waals surface area contributed by atoms with Gasteiger partial charge in [0.1, 0.15) is 24.2 Å². The topological polar surface area (TPSA) is 57.9 Å². The van der Waals surface area contributed by atoms with Crippen LogP contribution < -0.4 is 10.1 Å². The molecular weight excluding hydrogens is 280 g/mol. The van der Waals surface area contributed by atoms with Crippen LogP contribution >= 0.6 is 0 Å². The van der Waals surface area contributed by atoms with Gasteiger partial charge in [0.25, 0.3) is 0 Å². The molecule has 0 aliphatic carbocycles. The zero-order valence-corrected chi connectivity index (χ0v) is 13.4.